The standard InChI is InChI=1S/C11H13N3O2S/c1-2-6-12-11(17)14-13-10(16)8-4-3-5-9(15)7-8/h2-5,7,15H,1,6H2,(H,13,16)(H2,12,14,17). The van der Waals surface area contributed by atoms with Gasteiger partial charge in [0.15, 0.2) is 5.11 Å². The number of benzene rings is 1. The van der Waals surface area contributed by atoms with Crippen molar-refractivity contribution in [2.24, 2.45) is 0 Å². The van der Waals surface area contributed by atoms with Gasteiger partial charge in [-0.3, -0.25) is 15.6 Å². The highest BCUT2D eigenvalue weighted by Crippen LogP contribution is 2.10. The maximum Gasteiger partial charge on any atom is 0.269 e. The summed E-state index contributed by atoms with van der Waals surface area (Å²) >= 11 is 4.88. The number of carbonyl (C=O) groups excluding carboxylic acids is 1. The van der Waals surface area contributed by atoms with Crippen LogP contribution in [0, 0.1) is 0 Å². The van der Waals surface area contributed by atoms with Crippen LogP contribution in [0.25, 0.3) is 0 Å². The Balaban J connectivity index is 2.45. The lowest BCUT2D eigenvalue weighted by atomic mass is 10.2. The van der Waals surface area contributed by atoms with E-state index >= 15 is 0 Å². The van der Waals surface area contributed by atoms with E-state index in [0.29, 0.717) is 17.2 Å². The molecule has 4 N–H and O–H groups in total. The summed E-state index contributed by atoms with van der Waals surface area (Å²) in [5, 5.41) is 12.3. The third-order valence-electron chi connectivity index (χ3n) is 1.80. The zero-order chi connectivity index (χ0) is 12.7. The highest BCUT2D eigenvalue weighted by Gasteiger charge is 2.05. The second kappa shape index (κ2) is 6.49. The smallest absolute Gasteiger partial charge is 0.269 e. The molecule has 90 valence electrons. The van der Waals surface area contributed by atoms with Gasteiger partial charge in [0.1, 0.15) is 5.75 Å². The number of hydrogen-bond donors (Lipinski definition) is 4. The molecule has 0 heterocycles. The quantitative estimate of drug-likeness (QED) is 0.361. The molecule has 0 spiro atoms. The van der Waals surface area contributed by atoms with Crippen LogP contribution < -0.4 is 16.2 Å². The van der Waals surface area contributed by atoms with Gasteiger partial charge < -0.3 is 10.4 Å². The average Bonchev–Trinajstić information content (AvgIpc) is 2.33. The van der Waals surface area contributed by atoms with Gasteiger partial charge in [-0.25, -0.2) is 0 Å². The number of carbonyl (C=O) groups is 1. The van der Waals surface area contributed by atoms with Crippen molar-refractivity contribution in [1.29, 1.82) is 0 Å². The van der Waals surface area contributed by atoms with Crippen LogP contribution in [-0.4, -0.2) is 22.7 Å². The van der Waals surface area contributed by atoms with Crippen LogP contribution in [0.15, 0.2) is 36.9 Å². The van der Waals surface area contributed by atoms with E-state index in [1.165, 1.54) is 12.1 Å². The van der Waals surface area contributed by atoms with Crippen LogP contribution in [0.3, 0.4) is 0 Å². The Bertz CT molecular complexity index is 434. The molecule has 1 amide bonds. The number of aromatic hydroxyl groups is 1. The summed E-state index contributed by atoms with van der Waals surface area (Å²) in [6, 6.07) is 6.01. The minimum Gasteiger partial charge on any atom is -0.508 e. The number of nitrogens with one attached hydrogen (secondary N) is 3. The zero-order valence-electron chi connectivity index (χ0n) is 9.06. The first-order valence-electron chi connectivity index (χ1n) is 4.87. The van der Waals surface area contributed by atoms with Crippen molar-refractivity contribution in [3.05, 3.63) is 42.5 Å². The Morgan fingerprint density at radius 3 is 2.88 bits per heavy atom. The van der Waals surface area contributed by atoms with Crippen LogP contribution in [0.5, 0.6) is 5.75 Å². The molecule has 17 heavy (non-hydrogen) atoms. The van der Waals surface area contributed by atoms with Crippen molar-refractivity contribution >= 4 is 23.2 Å². The lowest BCUT2D eigenvalue weighted by Crippen LogP contribution is -2.46. The monoisotopic (exact) mass is 251 g/mol. The van der Waals surface area contributed by atoms with Gasteiger partial charge in [0, 0.05) is 12.1 Å². The summed E-state index contributed by atoms with van der Waals surface area (Å²) in [6.07, 6.45) is 1.64. The van der Waals surface area contributed by atoms with E-state index in [4.69, 9.17) is 12.2 Å². The molecule has 0 aliphatic heterocycles. The van der Waals surface area contributed by atoms with Gasteiger partial charge in [-0.2, -0.15) is 0 Å². The molecule has 1 aromatic carbocycles. The van der Waals surface area contributed by atoms with E-state index in [1.54, 1.807) is 18.2 Å². The summed E-state index contributed by atoms with van der Waals surface area (Å²) in [4.78, 5) is 11.6. The summed E-state index contributed by atoms with van der Waals surface area (Å²) in [7, 11) is 0. The van der Waals surface area contributed by atoms with Crippen molar-refractivity contribution in [2.75, 3.05) is 6.54 Å². The van der Waals surface area contributed by atoms with Gasteiger partial charge in [-0.05, 0) is 30.4 Å². The second-order valence-electron chi connectivity index (χ2n) is 3.13. The van der Waals surface area contributed by atoms with E-state index in [9.17, 15) is 9.90 Å². The topological polar surface area (TPSA) is 73.4 Å². The van der Waals surface area contributed by atoms with Crippen LogP contribution in [0.4, 0.5) is 0 Å². The number of thiocarbonyl (C=S) groups is 1. The molecule has 6 heteroatoms. The fourth-order valence-corrected chi connectivity index (χ4v) is 1.18. The highest BCUT2D eigenvalue weighted by atomic mass is 32.1. The van der Waals surface area contributed by atoms with Crippen molar-refractivity contribution in [3.8, 4) is 5.75 Å². The number of amides is 1. The van der Waals surface area contributed by atoms with Crippen molar-refractivity contribution in [3.63, 3.8) is 0 Å². The Morgan fingerprint density at radius 1 is 1.47 bits per heavy atom. The molecule has 0 saturated heterocycles. The van der Waals surface area contributed by atoms with Crippen molar-refractivity contribution in [2.45, 2.75) is 0 Å². The van der Waals surface area contributed by atoms with E-state index < -0.39 is 0 Å². The third-order valence-corrected chi connectivity index (χ3v) is 2.05. The minimum absolute atomic E-state index is 0.0324. The van der Waals surface area contributed by atoms with Crippen LogP contribution in [-0.2, 0) is 0 Å². The molecule has 0 aliphatic carbocycles. The molecule has 0 saturated carbocycles. The molecule has 0 atom stereocenters. The second-order valence-corrected chi connectivity index (χ2v) is 3.54. The molecule has 1 aromatic rings. The third kappa shape index (κ3) is 4.52. The van der Waals surface area contributed by atoms with Gasteiger partial charge in [0.05, 0.1) is 0 Å². The van der Waals surface area contributed by atoms with Crippen molar-refractivity contribution < 1.29 is 9.90 Å². The largest absolute Gasteiger partial charge is 0.508 e. The molecular weight excluding hydrogens is 238 g/mol. The number of hydrazine groups is 1. The Kier molecular flexibility index (Phi) is 4.96. The Morgan fingerprint density at radius 2 is 2.24 bits per heavy atom. The van der Waals surface area contributed by atoms with E-state index in [1.807, 2.05) is 0 Å². The Hall–Kier alpha value is -2.08. The van der Waals surface area contributed by atoms with Crippen LogP contribution in [0.2, 0.25) is 0 Å². The van der Waals surface area contributed by atoms with Gasteiger partial charge in [-0.15, -0.1) is 6.58 Å². The summed E-state index contributed by atoms with van der Waals surface area (Å²) < 4.78 is 0. The molecule has 0 fully saturated rings. The lowest BCUT2D eigenvalue weighted by Gasteiger charge is -2.10. The fourth-order valence-electron chi connectivity index (χ4n) is 1.04. The zero-order valence-corrected chi connectivity index (χ0v) is 9.88. The minimum atomic E-state index is -0.386. The molecule has 0 bridgehead atoms. The number of rotatable bonds is 3. The first-order valence-corrected chi connectivity index (χ1v) is 5.28. The number of phenols is 1. The molecule has 0 aliphatic rings. The first-order chi connectivity index (χ1) is 8.13. The summed E-state index contributed by atoms with van der Waals surface area (Å²) in [6.45, 7) is 4.03. The summed E-state index contributed by atoms with van der Waals surface area (Å²) in [5.74, 6) is -0.353. The average molecular weight is 251 g/mol. The van der Waals surface area contributed by atoms with Gasteiger partial charge in [-0.1, -0.05) is 12.1 Å². The predicted octanol–water partition coefficient (Wildman–Crippen LogP) is 0.687. The number of phenolic OH excluding ortho intramolecular Hbond substituents is 1. The lowest BCUT2D eigenvalue weighted by molar-refractivity contribution is 0.0943. The highest BCUT2D eigenvalue weighted by molar-refractivity contribution is 7.80. The van der Waals surface area contributed by atoms with Gasteiger partial charge in [0.2, 0.25) is 0 Å². The fraction of sp³-hybridized carbons (Fsp3) is 0.0909. The van der Waals surface area contributed by atoms with Gasteiger partial charge >= 0.3 is 0 Å². The molecular formula is C11H13N3O2S. The molecule has 0 aromatic heterocycles. The normalized spacial score (nSPS) is 9.18. The maximum atomic E-state index is 11.6. The molecule has 0 unspecified atom stereocenters. The maximum absolute atomic E-state index is 11.6. The summed E-state index contributed by atoms with van der Waals surface area (Å²) in [5.41, 5.74) is 5.26. The van der Waals surface area contributed by atoms with E-state index in [2.05, 4.69) is 22.7 Å². The number of hydrogen-bond acceptors (Lipinski definition) is 3. The van der Waals surface area contributed by atoms with Crippen molar-refractivity contribution in [1.82, 2.24) is 16.2 Å². The first kappa shape index (κ1) is 13.0. The molecule has 5 nitrogen and oxygen atoms in total. The Labute approximate surface area is 105 Å². The predicted molar refractivity (Wildman–Crippen MR) is 69.5 cm³/mol. The molecule has 1 rings (SSSR count). The van der Waals surface area contributed by atoms with E-state index in [0.717, 1.165) is 0 Å². The van der Waals surface area contributed by atoms with E-state index in [-0.39, 0.29) is 11.7 Å². The SMILES string of the molecule is C=CCNC(=S)NNC(=O)c1cccc(O)c1. The van der Waals surface area contributed by atoms with Crippen LogP contribution >= 0.6 is 12.2 Å². The molecule has 0 radical (unpaired) electrons. The van der Waals surface area contributed by atoms with Gasteiger partial charge in [0.25, 0.3) is 5.91 Å². The van der Waals surface area contributed by atoms with Crippen LogP contribution in [0.1, 0.15) is 10.4 Å².